The van der Waals surface area contributed by atoms with Crippen molar-refractivity contribution in [1.29, 1.82) is 0 Å². The molecule has 3 N–H and O–H groups in total. The van der Waals surface area contributed by atoms with Crippen molar-refractivity contribution in [2.45, 2.75) is 32.6 Å². The number of aliphatic hydroxyl groups is 1. The summed E-state index contributed by atoms with van der Waals surface area (Å²) in [4.78, 5) is 11.4. The van der Waals surface area contributed by atoms with E-state index in [1.165, 1.54) is 5.56 Å². The largest absolute Gasteiger partial charge is 0.396 e. The number of hydrogen-bond acceptors (Lipinski definition) is 2. The molecule has 4 nitrogen and oxygen atoms in total. The Bertz CT molecular complexity index is 367. The van der Waals surface area contributed by atoms with Crippen molar-refractivity contribution < 1.29 is 9.90 Å². The number of nitrogens with one attached hydrogen (secondary N) is 2. The van der Waals surface area contributed by atoms with Crippen LogP contribution in [0.15, 0.2) is 24.3 Å². The van der Waals surface area contributed by atoms with Gasteiger partial charge in [-0.25, -0.2) is 4.79 Å². The van der Waals surface area contributed by atoms with Gasteiger partial charge in [-0.15, -0.1) is 0 Å². The molecule has 100 valence electrons. The molecule has 4 heteroatoms. The van der Waals surface area contributed by atoms with Crippen LogP contribution in [0.25, 0.3) is 0 Å². The molecule has 0 bridgehead atoms. The van der Waals surface area contributed by atoms with E-state index in [1.54, 1.807) is 0 Å². The van der Waals surface area contributed by atoms with E-state index in [0.29, 0.717) is 6.54 Å². The number of anilines is 1. The molecule has 0 aliphatic carbocycles. The van der Waals surface area contributed by atoms with Crippen LogP contribution in [0, 0.1) is 0 Å². The average molecular weight is 250 g/mol. The van der Waals surface area contributed by atoms with Crippen molar-refractivity contribution >= 4 is 11.7 Å². The molecule has 1 aromatic carbocycles. The second-order valence-electron chi connectivity index (χ2n) is 4.22. The fourth-order valence-electron chi connectivity index (χ4n) is 1.76. The first kappa shape index (κ1) is 14.5. The fraction of sp³-hybridized carbons (Fsp3) is 0.500. The van der Waals surface area contributed by atoms with Crippen molar-refractivity contribution in [2.24, 2.45) is 0 Å². The van der Waals surface area contributed by atoms with Crippen LogP contribution in [0.1, 0.15) is 31.7 Å². The van der Waals surface area contributed by atoms with Gasteiger partial charge in [0.1, 0.15) is 0 Å². The minimum Gasteiger partial charge on any atom is -0.396 e. The van der Waals surface area contributed by atoms with Gasteiger partial charge in [-0.1, -0.05) is 18.6 Å². The standard InChI is InChI=1S/C14H22N2O2/c1-2-15-14(18)16-13-9-6-8-12(11-13)7-4-3-5-10-17/h6,8-9,11,17H,2-5,7,10H2,1H3,(H2,15,16,18). The molecule has 0 fully saturated rings. The quantitative estimate of drug-likeness (QED) is 0.651. The fourth-order valence-corrected chi connectivity index (χ4v) is 1.76. The van der Waals surface area contributed by atoms with Crippen LogP contribution in [-0.2, 0) is 6.42 Å². The van der Waals surface area contributed by atoms with Crippen LogP contribution < -0.4 is 10.6 Å². The Labute approximate surface area is 108 Å². The molecule has 2 amide bonds. The number of amides is 2. The first-order chi connectivity index (χ1) is 8.76. The lowest BCUT2D eigenvalue weighted by Gasteiger charge is -2.07. The maximum atomic E-state index is 11.4. The molecule has 0 aliphatic heterocycles. The van der Waals surface area contributed by atoms with Crippen molar-refractivity contribution in [2.75, 3.05) is 18.5 Å². The van der Waals surface area contributed by atoms with Crippen LogP contribution >= 0.6 is 0 Å². The van der Waals surface area contributed by atoms with Gasteiger partial charge in [-0.05, 0) is 43.9 Å². The maximum absolute atomic E-state index is 11.4. The Hall–Kier alpha value is -1.55. The zero-order valence-electron chi connectivity index (χ0n) is 10.9. The number of unbranched alkanes of at least 4 members (excludes halogenated alkanes) is 2. The first-order valence-electron chi connectivity index (χ1n) is 6.51. The lowest BCUT2D eigenvalue weighted by Crippen LogP contribution is -2.28. The molecular formula is C14H22N2O2. The SMILES string of the molecule is CCNC(=O)Nc1cccc(CCCCCO)c1. The Balaban J connectivity index is 2.43. The first-order valence-corrected chi connectivity index (χ1v) is 6.51. The Kier molecular flexibility index (Phi) is 6.87. The maximum Gasteiger partial charge on any atom is 0.319 e. The van der Waals surface area contributed by atoms with Crippen molar-refractivity contribution in [3.05, 3.63) is 29.8 Å². The highest BCUT2D eigenvalue weighted by atomic mass is 16.2. The van der Waals surface area contributed by atoms with Crippen molar-refractivity contribution in [1.82, 2.24) is 5.32 Å². The van der Waals surface area contributed by atoms with Crippen molar-refractivity contribution in [3.8, 4) is 0 Å². The average Bonchev–Trinajstić information content (AvgIpc) is 2.35. The van der Waals surface area contributed by atoms with Gasteiger partial charge >= 0.3 is 6.03 Å². The highest BCUT2D eigenvalue weighted by Crippen LogP contribution is 2.13. The summed E-state index contributed by atoms with van der Waals surface area (Å²) in [6, 6.07) is 7.71. The molecule has 0 heterocycles. The molecule has 0 unspecified atom stereocenters. The summed E-state index contributed by atoms with van der Waals surface area (Å²) in [5.41, 5.74) is 2.03. The molecule has 1 aromatic rings. The summed E-state index contributed by atoms with van der Waals surface area (Å²) in [5, 5.41) is 14.2. The molecule has 0 radical (unpaired) electrons. The number of urea groups is 1. The highest BCUT2D eigenvalue weighted by Gasteiger charge is 2.00. The summed E-state index contributed by atoms with van der Waals surface area (Å²) in [7, 11) is 0. The van der Waals surface area contributed by atoms with E-state index in [4.69, 9.17) is 5.11 Å². The summed E-state index contributed by atoms with van der Waals surface area (Å²) in [6.07, 6.45) is 3.93. The van der Waals surface area contributed by atoms with Crippen LogP contribution in [0.3, 0.4) is 0 Å². The van der Waals surface area contributed by atoms with E-state index in [0.717, 1.165) is 31.4 Å². The van der Waals surface area contributed by atoms with Crippen LogP contribution in [0.5, 0.6) is 0 Å². The molecule has 1 rings (SSSR count). The van der Waals surface area contributed by atoms with Gasteiger partial charge in [-0.2, -0.15) is 0 Å². The van der Waals surface area contributed by atoms with Crippen molar-refractivity contribution in [3.63, 3.8) is 0 Å². The van der Waals surface area contributed by atoms with Gasteiger partial charge in [-0.3, -0.25) is 0 Å². The van der Waals surface area contributed by atoms with E-state index in [2.05, 4.69) is 16.7 Å². The monoisotopic (exact) mass is 250 g/mol. The number of carbonyl (C=O) groups excluding carboxylic acids is 1. The van der Waals surface area contributed by atoms with Gasteiger partial charge in [0.05, 0.1) is 0 Å². The number of aliphatic hydroxyl groups excluding tert-OH is 1. The zero-order chi connectivity index (χ0) is 13.2. The molecular weight excluding hydrogens is 228 g/mol. The van der Waals surface area contributed by atoms with Gasteiger partial charge in [0.2, 0.25) is 0 Å². The lowest BCUT2D eigenvalue weighted by atomic mass is 10.1. The van der Waals surface area contributed by atoms with Crippen LogP contribution in [0.2, 0.25) is 0 Å². The number of rotatable bonds is 7. The second-order valence-corrected chi connectivity index (χ2v) is 4.22. The molecule has 0 aliphatic rings. The summed E-state index contributed by atoms with van der Waals surface area (Å²) < 4.78 is 0. The topological polar surface area (TPSA) is 61.4 Å². The van der Waals surface area contributed by atoms with Gasteiger partial charge in [0.15, 0.2) is 0 Å². The van der Waals surface area contributed by atoms with E-state index >= 15 is 0 Å². The van der Waals surface area contributed by atoms with E-state index in [1.807, 2.05) is 25.1 Å². The minimum atomic E-state index is -0.171. The smallest absolute Gasteiger partial charge is 0.319 e. The Morgan fingerprint density at radius 1 is 1.28 bits per heavy atom. The number of aryl methyl sites for hydroxylation is 1. The third-order valence-corrected chi connectivity index (χ3v) is 2.65. The van der Waals surface area contributed by atoms with Gasteiger partial charge in [0.25, 0.3) is 0 Å². The predicted octanol–water partition coefficient (Wildman–Crippen LogP) is 2.53. The second kappa shape index (κ2) is 8.53. The third-order valence-electron chi connectivity index (χ3n) is 2.65. The predicted molar refractivity (Wildman–Crippen MR) is 73.8 cm³/mol. The number of carbonyl (C=O) groups is 1. The lowest BCUT2D eigenvalue weighted by molar-refractivity contribution is 0.252. The molecule has 0 spiro atoms. The number of benzene rings is 1. The Morgan fingerprint density at radius 2 is 2.11 bits per heavy atom. The third kappa shape index (κ3) is 5.68. The molecule has 0 atom stereocenters. The molecule has 0 saturated heterocycles. The summed E-state index contributed by atoms with van der Waals surface area (Å²) in [6.45, 7) is 2.77. The van der Waals surface area contributed by atoms with Crippen LogP contribution in [-0.4, -0.2) is 24.3 Å². The van der Waals surface area contributed by atoms with E-state index < -0.39 is 0 Å². The molecule has 0 saturated carbocycles. The van der Waals surface area contributed by atoms with Gasteiger partial charge in [0, 0.05) is 18.8 Å². The highest BCUT2D eigenvalue weighted by molar-refractivity contribution is 5.89. The zero-order valence-corrected chi connectivity index (χ0v) is 10.9. The van der Waals surface area contributed by atoms with Crippen LogP contribution in [0.4, 0.5) is 10.5 Å². The summed E-state index contributed by atoms with van der Waals surface area (Å²) >= 11 is 0. The minimum absolute atomic E-state index is 0.171. The van der Waals surface area contributed by atoms with Gasteiger partial charge < -0.3 is 15.7 Å². The molecule has 0 aromatic heterocycles. The van der Waals surface area contributed by atoms with E-state index in [9.17, 15) is 4.79 Å². The normalized spacial score (nSPS) is 10.1. The summed E-state index contributed by atoms with van der Waals surface area (Å²) in [5.74, 6) is 0. The Morgan fingerprint density at radius 3 is 2.83 bits per heavy atom. The number of hydrogen-bond donors (Lipinski definition) is 3. The van der Waals surface area contributed by atoms with E-state index in [-0.39, 0.29) is 12.6 Å². The molecule has 18 heavy (non-hydrogen) atoms.